The average Bonchev–Trinajstić information content (AvgIpc) is 2.38. The van der Waals surface area contributed by atoms with E-state index in [1.165, 1.54) is 24.8 Å². The molecule has 4 heteroatoms. The van der Waals surface area contributed by atoms with Gasteiger partial charge in [-0.25, -0.2) is 0 Å². The largest absolute Gasteiger partial charge is 0.495 e. The molecule has 1 atom stereocenters. The van der Waals surface area contributed by atoms with E-state index >= 15 is 0 Å². The van der Waals surface area contributed by atoms with Gasteiger partial charge in [-0.3, -0.25) is 0 Å². The fourth-order valence-electron chi connectivity index (χ4n) is 2.42. The highest BCUT2D eigenvalue weighted by Gasteiger charge is 2.14. The number of aryl methyl sites for hydroxylation is 1. The van der Waals surface area contributed by atoms with Crippen molar-refractivity contribution in [2.75, 3.05) is 25.5 Å². The van der Waals surface area contributed by atoms with Gasteiger partial charge in [-0.1, -0.05) is 22.4 Å². The Hall–Kier alpha value is -0.740. The molecule has 2 N–H and O–H groups in total. The molecule has 1 aliphatic rings. The maximum atomic E-state index is 5.43. The predicted octanol–water partition coefficient (Wildman–Crippen LogP) is 3.32. The van der Waals surface area contributed by atoms with Gasteiger partial charge in [0, 0.05) is 17.1 Å². The molecule has 1 fully saturated rings. The summed E-state index contributed by atoms with van der Waals surface area (Å²) >= 11 is 3.50. The van der Waals surface area contributed by atoms with Crippen LogP contribution >= 0.6 is 15.9 Å². The van der Waals surface area contributed by atoms with Gasteiger partial charge in [-0.15, -0.1) is 0 Å². The van der Waals surface area contributed by atoms with Crippen molar-refractivity contribution in [1.82, 2.24) is 5.32 Å². The Morgan fingerprint density at radius 1 is 1.44 bits per heavy atom. The summed E-state index contributed by atoms with van der Waals surface area (Å²) in [6.45, 7) is 4.20. The zero-order valence-electron chi connectivity index (χ0n) is 11.1. The van der Waals surface area contributed by atoms with Gasteiger partial charge in [0.25, 0.3) is 0 Å². The smallest absolute Gasteiger partial charge is 0.143 e. The molecule has 0 radical (unpaired) electrons. The van der Waals surface area contributed by atoms with E-state index in [1.807, 2.05) is 6.07 Å². The zero-order chi connectivity index (χ0) is 13.0. The van der Waals surface area contributed by atoms with Crippen LogP contribution < -0.4 is 15.4 Å². The van der Waals surface area contributed by atoms with Crippen LogP contribution in [0, 0.1) is 6.92 Å². The highest BCUT2D eigenvalue weighted by Crippen LogP contribution is 2.32. The first kappa shape index (κ1) is 13.7. The summed E-state index contributed by atoms with van der Waals surface area (Å²) in [4.78, 5) is 0. The third kappa shape index (κ3) is 3.39. The summed E-state index contributed by atoms with van der Waals surface area (Å²) in [5.41, 5.74) is 2.31. The third-order valence-corrected chi connectivity index (χ3v) is 3.88. The first-order valence-electron chi connectivity index (χ1n) is 6.52. The second-order valence-corrected chi connectivity index (χ2v) is 5.74. The molecule has 0 aromatic heterocycles. The van der Waals surface area contributed by atoms with E-state index in [1.54, 1.807) is 7.11 Å². The average molecular weight is 313 g/mol. The number of hydrogen-bond acceptors (Lipinski definition) is 3. The molecule has 18 heavy (non-hydrogen) atoms. The Morgan fingerprint density at radius 3 is 2.94 bits per heavy atom. The van der Waals surface area contributed by atoms with Crippen LogP contribution in [-0.2, 0) is 0 Å². The number of halogens is 1. The number of nitrogens with one attached hydrogen (secondary N) is 2. The molecule has 2 rings (SSSR count). The molecule has 1 aliphatic heterocycles. The second-order valence-electron chi connectivity index (χ2n) is 4.83. The molecule has 0 spiro atoms. The first-order chi connectivity index (χ1) is 8.70. The zero-order valence-corrected chi connectivity index (χ0v) is 12.6. The molecule has 100 valence electrons. The van der Waals surface area contributed by atoms with Crippen LogP contribution in [0.1, 0.15) is 24.8 Å². The van der Waals surface area contributed by atoms with Gasteiger partial charge in [0.2, 0.25) is 0 Å². The Morgan fingerprint density at radius 2 is 2.28 bits per heavy atom. The summed E-state index contributed by atoms with van der Waals surface area (Å²) in [5, 5.41) is 7.07. The second kappa shape index (κ2) is 6.43. The lowest BCUT2D eigenvalue weighted by Crippen LogP contribution is -2.39. The van der Waals surface area contributed by atoms with E-state index in [-0.39, 0.29) is 0 Å². The number of benzene rings is 1. The van der Waals surface area contributed by atoms with Gasteiger partial charge < -0.3 is 15.4 Å². The third-order valence-electron chi connectivity index (χ3n) is 3.42. The van der Waals surface area contributed by atoms with Gasteiger partial charge in [0.15, 0.2) is 0 Å². The van der Waals surface area contributed by atoms with E-state index in [0.717, 1.165) is 29.0 Å². The molecule has 0 saturated carbocycles. The number of hydrogen-bond donors (Lipinski definition) is 2. The topological polar surface area (TPSA) is 33.3 Å². The fourth-order valence-corrected chi connectivity index (χ4v) is 2.97. The molecule has 1 aromatic rings. The van der Waals surface area contributed by atoms with Crippen molar-refractivity contribution in [2.24, 2.45) is 0 Å². The summed E-state index contributed by atoms with van der Waals surface area (Å²) in [5.74, 6) is 0.901. The van der Waals surface area contributed by atoms with E-state index in [2.05, 4.69) is 39.6 Å². The van der Waals surface area contributed by atoms with Crippen molar-refractivity contribution in [3.63, 3.8) is 0 Å². The summed E-state index contributed by atoms with van der Waals surface area (Å²) in [6.07, 6.45) is 3.89. The lowest BCUT2D eigenvalue weighted by Gasteiger charge is -2.25. The van der Waals surface area contributed by atoms with Gasteiger partial charge in [0.05, 0.1) is 12.8 Å². The Balaban J connectivity index is 2.03. The van der Waals surface area contributed by atoms with Crippen molar-refractivity contribution in [2.45, 2.75) is 32.2 Å². The quantitative estimate of drug-likeness (QED) is 0.894. The van der Waals surface area contributed by atoms with Gasteiger partial charge >= 0.3 is 0 Å². The van der Waals surface area contributed by atoms with Crippen LogP contribution in [0.25, 0.3) is 0 Å². The predicted molar refractivity (Wildman–Crippen MR) is 79.6 cm³/mol. The maximum absolute atomic E-state index is 5.43. The van der Waals surface area contributed by atoms with E-state index in [0.29, 0.717) is 6.04 Å². The van der Waals surface area contributed by atoms with Crippen LogP contribution in [0.5, 0.6) is 5.75 Å². The Bertz CT molecular complexity index is 403. The molecule has 0 aliphatic carbocycles. The molecule has 1 heterocycles. The normalized spacial score (nSPS) is 19.6. The molecule has 0 amide bonds. The molecular weight excluding hydrogens is 292 g/mol. The van der Waals surface area contributed by atoms with Gasteiger partial charge in [-0.05, 0) is 44.0 Å². The molecular formula is C14H21BrN2O. The van der Waals surface area contributed by atoms with E-state index in [4.69, 9.17) is 4.74 Å². The van der Waals surface area contributed by atoms with E-state index in [9.17, 15) is 0 Å². The lowest BCUT2D eigenvalue weighted by atomic mass is 10.0. The highest BCUT2D eigenvalue weighted by molar-refractivity contribution is 9.10. The standard InChI is InChI=1S/C14H21BrN2O/c1-10-7-11(15)8-13(18-2)14(10)17-9-12-5-3-4-6-16-12/h7-8,12,16-17H,3-6,9H2,1-2H3. The van der Waals surface area contributed by atoms with Crippen molar-refractivity contribution >= 4 is 21.6 Å². The van der Waals surface area contributed by atoms with Crippen molar-refractivity contribution in [3.8, 4) is 5.75 Å². The van der Waals surface area contributed by atoms with E-state index < -0.39 is 0 Å². The number of methoxy groups -OCH3 is 1. The number of ether oxygens (including phenoxy) is 1. The van der Waals surface area contributed by atoms with Crippen LogP contribution in [-0.4, -0.2) is 26.2 Å². The molecule has 0 bridgehead atoms. The SMILES string of the molecule is COc1cc(Br)cc(C)c1NCC1CCCCN1. The monoisotopic (exact) mass is 312 g/mol. The number of rotatable bonds is 4. The van der Waals surface area contributed by atoms with Crippen LogP contribution in [0.15, 0.2) is 16.6 Å². The summed E-state index contributed by atoms with van der Waals surface area (Å²) in [6, 6.07) is 4.69. The van der Waals surface area contributed by atoms with Crippen LogP contribution in [0.2, 0.25) is 0 Å². The number of anilines is 1. The summed E-state index contributed by atoms with van der Waals surface area (Å²) in [7, 11) is 1.71. The van der Waals surface area contributed by atoms with Crippen molar-refractivity contribution in [1.29, 1.82) is 0 Å². The van der Waals surface area contributed by atoms with Crippen molar-refractivity contribution in [3.05, 3.63) is 22.2 Å². The molecule has 1 saturated heterocycles. The minimum absolute atomic E-state index is 0.575. The van der Waals surface area contributed by atoms with Crippen molar-refractivity contribution < 1.29 is 4.74 Å². The number of piperidine rings is 1. The highest BCUT2D eigenvalue weighted by atomic mass is 79.9. The molecule has 1 unspecified atom stereocenters. The minimum atomic E-state index is 0.575. The van der Waals surface area contributed by atoms with Gasteiger partial charge in [0.1, 0.15) is 5.75 Å². The van der Waals surface area contributed by atoms with Gasteiger partial charge in [-0.2, -0.15) is 0 Å². The summed E-state index contributed by atoms with van der Waals surface area (Å²) < 4.78 is 6.49. The Kier molecular flexibility index (Phi) is 4.89. The molecule has 3 nitrogen and oxygen atoms in total. The lowest BCUT2D eigenvalue weighted by molar-refractivity contribution is 0.407. The fraction of sp³-hybridized carbons (Fsp3) is 0.571. The minimum Gasteiger partial charge on any atom is -0.495 e. The molecule has 1 aromatic carbocycles. The van der Waals surface area contributed by atoms with Crippen LogP contribution in [0.4, 0.5) is 5.69 Å². The van der Waals surface area contributed by atoms with Crippen LogP contribution in [0.3, 0.4) is 0 Å². The maximum Gasteiger partial charge on any atom is 0.143 e. The Labute approximate surface area is 117 Å². The first-order valence-corrected chi connectivity index (χ1v) is 7.31.